The number of guanidine groups is 1. The molecule has 0 aromatic heterocycles. The predicted molar refractivity (Wildman–Crippen MR) is 99.4 cm³/mol. The second kappa shape index (κ2) is 13.6. The highest BCUT2D eigenvalue weighted by atomic mass is 127. The Bertz CT molecular complexity index is 373. The summed E-state index contributed by atoms with van der Waals surface area (Å²) in [5, 5.41) is 6.32. The van der Waals surface area contributed by atoms with Crippen molar-refractivity contribution in [3.63, 3.8) is 0 Å². The molecule has 128 valence electrons. The van der Waals surface area contributed by atoms with Crippen LogP contribution in [-0.4, -0.2) is 59.2 Å². The van der Waals surface area contributed by atoms with E-state index in [4.69, 9.17) is 4.74 Å². The quantitative estimate of drug-likeness (QED) is 0.234. The van der Waals surface area contributed by atoms with E-state index in [2.05, 4.69) is 29.5 Å². The lowest BCUT2D eigenvalue weighted by atomic mass is 10.1. The van der Waals surface area contributed by atoms with E-state index >= 15 is 0 Å². The van der Waals surface area contributed by atoms with Gasteiger partial charge in [-0.25, -0.2) is 8.42 Å². The first-order valence-corrected chi connectivity index (χ1v) is 9.19. The van der Waals surface area contributed by atoms with Gasteiger partial charge in [0, 0.05) is 25.9 Å². The van der Waals surface area contributed by atoms with E-state index in [1.54, 1.807) is 0 Å². The Kier molecular flexibility index (Phi) is 15.0. The lowest BCUT2D eigenvalue weighted by Crippen LogP contribution is -2.39. The molecule has 21 heavy (non-hydrogen) atoms. The third kappa shape index (κ3) is 17.9. The van der Waals surface area contributed by atoms with E-state index in [0.717, 1.165) is 25.5 Å². The van der Waals surface area contributed by atoms with Crippen LogP contribution in [0.1, 0.15) is 27.2 Å². The SMILES string of the molecule is CCNC(=NCCC(C)C)NCCOCCS(C)(=O)=O.I. The average Bonchev–Trinajstić information content (AvgIpc) is 2.31. The van der Waals surface area contributed by atoms with Gasteiger partial charge in [0.25, 0.3) is 0 Å². The minimum Gasteiger partial charge on any atom is -0.379 e. The molecule has 2 N–H and O–H groups in total. The van der Waals surface area contributed by atoms with Gasteiger partial charge in [-0.1, -0.05) is 13.8 Å². The second-order valence-corrected chi connectivity index (χ2v) is 7.37. The van der Waals surface area contributed by atoms with E-state index in [1.165, 1.54) is 6.26 Å². The Morgan fingerprint density at radius 3 is 2.43 bits per heavy atom. The molecule has 0 unspecified atom stereocenters. The van der Waals surface area contributed by atoms with Crippen LogP contribution in [0, 0.1) is 5.92 Å². The van der Waals surface area contributed by atoms with Gasteiger partial charge in [0.05, 0.1) is 19.0 Å². The minimum atomic E-state index is -2.94. The van der Waals surface area contributed by atoms with Crippen molar-refractivity contribution < 1.29 is 13.2 Å². The average molecular weight is 435 g/mol. The smallest absolute Gasteiger partial charge is 0.191 e. The fourth-order valence-electron chi connectivity index (χ4n) is 1.33. The van der Waals surface area contributed by atoms with Crippen LogP contribution in [0.4, 0.5) is 0 Å². The molecule has 0 aliphatic rings. The molecule has 0 saturated carbocycles. The number of hydrogen-bond donors (Lipinski definition) is 2. The van der Waals surface area contributed by atoms with E-state index < -0.39 is 9.84 Å². The Morgan fingerprint density at radius 1 is 1.24 bits per heavy atom. The van der Waals surface area contributed by atoms with E-state index in [9.17, 15) is 8.42 Å². The topological polar surface area (TPSA) is 79.8 Å². The van der Waals surface area contributed by atoms with Gasteiger partial charge >= 0.3 is 0 Å². The summed E-state index contributed by atoms with van der Waals surface area (Å²) in [5.41, 5.74) is 0. The number of nitrogens with zero attached hydrogens (tertiary/aromatic N) is 1. The molecule has 0 aromatic rings. The highest BCUT2D eigenvalue weighted by molar-refractivity contribution is 14.0. The van der Waals surface area contributed by atoms with Crippen molar-refractivity contribution in [1.29, 1.82) is 0 Å². The van der Waals surface area contributed by atoms with Crippen molar-refractivity contribution >= 4 is 39.8 Å². The first-order valence-electron chi connectivity index (χ1n) is 7.12. The molecule has 0 atom stereocenters. The molecule has 8 heteroatoms. The molecule has 0 rings (SSSR count). The number of nitrogens with one attached hydrogen (secondary N) is 2. The van der Waals surface area contributed by atoms with E-state index in [1.807, 2.05) is 6.92 Å². The van der Waals surface area contributed by atoms with Crippen molar-refractivity contribution in [2.24, 2.45) is 10.9 Å². The summed E-state index contributed by atoms with van der Waals surface area (Å²) < 4.78 is 27.1. The molecule has 0 aromatic carbocycles. The second-order valence-electron chi connectivity index (χ2n) is 5.11. The zero-order chi connectivity index (χ0) is 15.4. The normalized spacial score (nSPS) is 12.1. The van der Waals surface area contributed by atoms with Crippen LogP contribution in [0.3, 0.4) is 0 Å². The fourth-order valence-corrected chi connectivity index (χ4v) is 1.75. The summed E-state index contributed by atoms with van der Waals surface area (Å²) in [5.74, 6) is 1.48. The van der Waals surface area contributed by atoms with Crippen LogP contribution in [0.5, 0.6) is 0 Å². The van der Waals surface area contributed by atoms with Gasteiger partial charge in [0.15, 0.2) is 5.96 Å². The number of sulfone groups is 1. The van der Waals surface area contributed by atoms with Crippen molar-refractivity contribution in [2.75, 3.05) is 44.9 Å². The lowest BCUT2D eigenvalue weighted by Gasteiger charge is -2.11. The fraction of sp³-hybridized carbons (Fsp3) is 0.923. The standard InChI is InChI=1S/C13H29N3O3S.HI/c1-5-14-13(15-7-6-12(2)3)16-8-9-19-10-11-20(4,17)18;/h12H,5-11H2,1-4H3,(H2,14,15,16);1H. The molecule has 0 radical (unpaired) electrons. The third-order valence-corrected chi connectivity index (χ3v) is 3.37. The third-order valence-electron chi connectivity index (χ3n) is 2.46. The van der Waals surface area contributed by atoms with Crippen LogP contribution in [-0.2, 0) is 14.6 Å². The van der Waals surface area contributed by atoms with Crippen LogP contribution in [0.15, 0.2) is 4.99 Å². The molecule has 0 spiro atoms. The van der Waals surface area contributed by atoms with Crippen molar-refractivity contribution in [3.8, 4) is 0 Å². The molecule has 0 bridgehead atoms. The van der Waals surface area contributed by atoms with E-state index in [-0.39, 0.29) is 36.3 Å². The van der Waals surface area contributed by atoms with Gasteiger partial charge in [-0.05, 0) is 19.3 Å². The Balaban J connectivity index is 0. The number of halogens is 1. The van der Waals surface area contributed by atoms with Gasteiger partial charge in [-0.3, -0.25) is 4.99 Å². The van der Waals surface area contributed by atoms with Gasteiger partial charge in [-0.2, -0.15) is 0 Å². The predicted octanol–water partition coefficient (Wildman–Crippen LogP) is 1.27. The highest BCUT2D eigenvalue weighted by Crippen LogP contribution is 1.98. The van der Waals surface area contributed by atoms with Gasteiger partial charge in [0.2, 0.25) is 0 Å². The molecule has 0 heterocycles. The summed E-state index contributed by atoms with van der Waals surface area (Å²) >= 11 is 0. The number of aliphatic imine (C=N–C) groups is 1. The van der Waals surface area contributed by atoms with Crippen molar-refractivity contribution in [3.05, 3.63) is 0 Å². The molecule has 0 fully saturated rings. The Hall–Kier alpha value is -0.0900. The van der Waals surface area contributed by atoms with Crippen molar-refractivity contribution in [2.45, 2.75) is 27.2 Å². The maximum Gasteiger partial charge on any atom is 0.191 e. The molecule has 0 saturated heterocycles. The van der Waals surface area contributed by atoms with Crippen LogP contribution in [0.2, 0.25) is 0 Å². The minimum absolute atomic E-state index is 0. The monoisotopic (exact) mass is 435 g/mol. The zero-order valence-electron chi connectivity index (χ0n) is 13.5. The Morgan fingerprint density at radius 2 is 1.90 bits per heavy atom. The number of rotatable bonds is 10. The molecule has 0 aliphatic carbocycles. The van der Waals surface area contributed by atoms with Crippen LogP contribution < -0.4 is 10.6 Å². The lowest BCUT2D eigenvalue weighted by molar-refractivity contribution is 0.154. The molecule has 0 aliphatic heterocycles. The highest BCUT2D eigenvalue weighted by Gasteiger charge is 2.01. The first-order chi connectivity index (χ1) is 9.35. The molecular weight excluding hydrogens is 405 g/mol. The van der Waals surface area contributed by atoms with Gasteiger partial charge < -0.3 is 15.4 Å². The maximum absolute atomic E-state index is 10.9. The maximum atomic E-state index is 10.9. The van der Waals surface area contributed by atoms with Crippen LogP contribution in [0.25, 0.3) is 0 Å². The number of ether oxygens (including phenoxy) is 1. The summed E-state index contributed by atoms with van der Waals surface area (Å²) in [6.45, 7) is 9.27. The van der Waals surface area contributed by atoms with Gasteiger partial charge in [-0.15, -0.1) is 24.0 Å². The van der Waals surface area contributed by atoms with E-state index in [0.29, 0.717) is 19.1 Å². The Labute approximate surface area is 146 Å². The number of hydrogen-bond acceptors (Lipinski definition) is 4. The molecular formula is C13H30IN3O3S. The summed E-state index contributed by atoms with van der Waals surface area (Å²) in [6.07, 6.45) is 2.26. The first kappa shape index (κ1) is 23.2. The summed E-state index contributed by atoms with van der Waals surface area (Å²) in [6, 6.07) is 0. The summed E-state index contributed by atoms with van der Waals surface area (Å²) in [4.78, 5) is 4.45. The van der Waals surface area contributed by atoms with Crippen LogP contribution >= 0.6 is 24.0 Å². The zero-order valence-corrected chi connectivity index (χ0v) is 16.7. The molecule has 0 amide bonds. The largest absolute Gasteiger partial charge is 0.379 e. The van der Waals surface area contributed by atoms with Gasteiger partial charge in [0.1, 0.15) is 9.84 Å². The summed E-state index contributed by atoms with van der Waals surface area (Å²) in [7, 11) is -2.94. The van der Waals surface area contributed by atoms with Crippen molar-refractivity contribution in [1.82, 2.24) is 10.6 Å². The molecule has 6 nitrogen and oxygen atoms in total.